The van der Waals surface area contributed by atoms with Crippen molar-refractivity contribution in [2.75, 3.05) is 6.61 Å². The molecule has 2 aromatic heterocycles. The van der Waals surface area contributed by atoms with Crippen LogP contribution in [0.25, 0.3) is 0 Å². The van der Waals surface area contributed by atoms with Gasteiger partial charge < -0.3 is 33.2 Å². The molecule has 0 saturated heterocycles. The van der Waals surface area contributed by atoms with E-state index >= 15 is 17.6 Å². The smallest absolute Gasteiger partial charge is 0.433 e. The van der Waals surface area contributed by atoms with Gasteiger partial charge in [-0.3, -0.25) is 9.59 Å². The van der Waals surface area contributed by atoms with Gasteiger partial charge in [0.15, 0.2) is 5.60 Å². The number of benzene rings is 4. The standard InChI is InChI=1S/C48H38Cl2F8N2O9/c1-6-66-43(63)35-21-31(11-15-39(35)51)68-30-10-14-38(50)34(20-30)26(3)46(48(56,57)58,28-8-18-42(62)60(5)24-28)69-44(64)36-22-32(12-16-40(36)52)67-29-9-13-37(49)33(19-29)25(2)45(65,47(53,54)55)27-7-17-41(61)59(4)23-27/h7-26,65H,6H2,1-5H3. The van der Waals surface area contributed by atoms with Crippen LogP contribution >= 0.6 is 23.2 Å². The van der Waals surface area contributed by atoms with Crippen LogP contribution in [0.4, 0.5) is 35.1 Å². The third kappa shape index (κ3) is 10.2. The fraction of sp³-hybridized carbons (Fsp3) is 0.250. The van der Waals surface area contributed by atoms with Crippen molar-refractivity contribution in [2.45, 2.75) is 56.2 Å². The lowest BCUT2D eigenvalue weighted by molar-refractivity contribution is -0.274. The van der Waals surface area contributed by atoms with Gasteiger partial charge in [-0.15, -0.1) is 0 Å². The summed E-state index contributed by atoms with van der Waals surface area (Å²) in [4.78, 5) is 50.9. The Morgan fingerprint density at radius 1 is 0.609 bits per heavy atom. The number of hydrogen-bond acceptors (Lipinski definition) is 9. The van der Waals surface area contributed by atoms with Crippen LogP contribution in [0.1, 0.15) is 75.6 Å². The highest BCUT2D eigenvalue weighted by Crippen LogP contribution is 2.54. The number of carbonyl (C=O) groups is 2. The molecular formula is C48H38Cl2F8N2O9. The lowest BCUT2D eigenvalue weighted by Gasteiger charge is -2.40. The second-order valence-corrected chi connectivity index (χ2v) is 16.5. The fourth-order valence-electron chi connectivity index (χ4n) is 7.57. The minimum absolute atomic E-state index is 0.0789. The van der Waals surface area contributed by atoms with Gasteiger partial charge in [-0.05, 0) is 103 Å². The van der Waals surface area contributed by atoms with Gasteiger partial charge in [0.1, 0.15) is 34.6 Å². The van der Waals surface area contributed by atoms with E-state index in [1.54, 1.807) is 0 Å². The molecule has 11 nitrogen and oxygen atoms in total. The summed E-state index contributed by atoms with van der Waals surface area (Å²) < 4.78 is 146. The summed E-state index contributed by atoms with van der Waals surface area (Å²) in [6.45, 7) is 3.42. The Labute approximate surface area is 397 Å². The molecule has 21 heteroatoms. The predicted octanol–water partition coefficient (Wildman–Crippen LogP) is 11.4. The van der Waals surface area contributed by atoms with E-state index in [1.807, 2.05) is 0 Å². The van der Waals surface area contributed by atoms with Gasteiger partial charge >= 0.3 is 24.3 Å². The van der Waals surface area contributed by atoms with Gasteiger partial charge in [-0.2, -0.15) is 26.3 Å². The van der Waals surface area contributed by atoms with Crippen molar-refractivity contribution in [3.8, 4) is 23.0 Å². The van der Waals surface area contributed by atoms with Crippen molar-refractivity contribution in [1.29, 1.82) is 0 Å². The van der Waals surface area contributed by atoms with Crippen LogP contribution in [0.5, 0.6) is 23.0 Å². The van der Waals surface area contributed by atoms with Crippen molar-refractivity contribution in [1.82, 2.24) is 9.13 Å². The molecule has 0 aliphatic heterocycles. The Morgan fingerprint density at radius 3 is 1.48 bits per heavy atom. The Bertz CT molecular complexity index is 3070. The van der Waals surface area contributed by atoms with Crippen LogP contribution < -0.4 is 20.6 Å². The van der Waals surface area contributed by atoms with Crippen LogP contribution in [0.2, 0.25) is 10.0 Å². The number of ether oxygens (including phenoxy) is 4. The molecule has 6 aromatic rings. The average molecular weight is 1010 g/mol. The number of esters is 2. The summed E-state index contributed by atoms with van der Waals surface area (Å²) >= 11 is 12.9. The number of halogens is 10. The first kappa shape index (κ1) is 51.7. The van der Waals surface area contributed by atoms with Gasteiger partial charge in [0.25, 0.3) is 0 Å². The lowest BCUT2D eigenvalue weighted by Crippen LogP contribution is -2.50. The van der Waals surface area contributed by atoms with Crippen molar-refractivity contribution < 1.29 is 68.8 Å². The molecule has 2 heterocycles. The summed E-state index contributed by atoms with van der Waals surface area (Å²) in [7, 11) is 2.32. The largest absolute Gasteiger partial charge is 0.462 e. The Kier molecular flexibility index (Phi) is 14.8. The molecule has 0 aliphatic rings. The molecule has 0 radical (unpaired) electrons. The SMILES string of the molecule is CCOC(=O)c1cc(Oc2ccc(Cl)c(C(C)C(OC(=O)c3cc(Oc4ccc(Cl)c(C(C)C(O)(c5ccc(=O)n(C)c5)C(F)(F)F)c4)ccc3F)(c3ccc(=O)n(C)c3)C(F)(F)F)c2)ccc1F. The summed E-state index contributed by atoms with van der Waals surface area (Å²) in [5.41, 5.74) is -12.6. The number of aromatic nitrogens is 2. The minimum Gasteiger partial charge on any atom is -0.462 e. The maximum absolute atomic E-state index is 16.1. The number of hydrogen-bond donors (Lipinski definition) is 1. The van der Waals surface area contributed by atoms with E-state index in [2.05, 4.69) is 0 Å². The molecule has 4 atom stereocenters. The van der Waals surface area contributed by atoms with E-state index in [1.165, 1.54) is 26.1 Å². The third-order valence-corrected chi connectivity index (χ3v) is 12.0. The first-order chi connectivity index (χ1) is 32.2. The van der Waals surface area contributed by atoms with Gasteiger partial charge in [0.2, 0.25) is 16.7 Å². The van der Waals surface area contributed by atoms with E-state index in [-0.39, 0.29) is 45.0 Å². The highest BCUT2D eigenvalue weighted by molar-refractivity contribution is 6.31. The number of pyridine rings is 2. The number of aliphatic hydroxyl groups is 1. The summed E-state index contributed by atoms with van der Waals surface area (Å²) in [5.74, 6) is -10.2. The highest BCUT2D eigenvalue weighted by Gasteiger charge is 2.64. The molecule has 4 unspecified atom stereocenters. The monoisotopic (exact) mass is 1010 g/mol. The van der Waals surface area contributed by atoms with E-state index < -0.39 is 98.1 Å². The first-order valence-electron chi connectivity index (χ1n) is 20.4. The molecule has 4 aromatic carbocycles. The fourth-order valence-corrected chi connectivity index (χ4v) is 8.13. The third-order valence-electron chi connectivity index (χ3n) is 11.3. The van der Waals surface area contributed by atoms with Crippen LogP contribution in [0.3, 0.4) is 0 Å². The molecule has 0 bridgehead atoms. The molecule has 0 aliphatic carbocycles. The number of alkyl halides is 6. The molecule has 0 fully saturated rings. The number of nitrogens with zero attached hydrogens (tertiary/aromatic N) is 2. The van der Waals surface area contributed by atoms with Crippen LogP contribution in [0.15, 0.2) is 119 Å². The van der Waals surface area contributed by atoms with Gasteiger partial charge in [0, 0.05) is 71.6 Å². The Hall–Kier alpha value is -6.70. The molecule has 364 valence electrons. The van der Waals surface area contributed by atoms with Gasteiger partial charge in [-0.1, -0.05) is 37.0 Å². The quantitative estimate of drug-likeness (QED) is 0.0835. The molecule has 69 heavy (non-hydrogen) atoms. The molecule has 1 N–H and O–H groups in total. The summed E-state index contributed by atoms with van der Waals surface area (Å²) in [6, 6.07) is 15.3. The second-order valence-electron chi connectivity index (χ2n) is 15.6. The summed E-state index contributed by atoms with van der Waals surface area (Å²) in [5, 5.41) is 10.8. The molecule has 0 saturated carbocycles. The van der Waals surface area contributed by atoms with E-state index in [9.17, 15) is 41.8 Å². The molecule has 0 amide bonds. The lowest BCUT2D eigenvalue weighted by atomic mass is 9.77. The zero-order valence-electron chi connectivity index (χ0n) is 36.6. The van der Waals surface area contributed by atoms with Crippen LogP contribution in [-0.2, 0) is 34.8 Å². The van der Waals surface area contributed by atoms with E-state index in [0.717, 1.165) is 115 Å². The average Bonchev–Trinajstić information content (AvgIpc) is 3.28. The second kappa shape index (κ2) is 19.7. The number of carbonyl (C=O) groups excluding carboxylic acids is 2. The topological polar surface area (TPSA) is 135 Å². The van der Waals surface area contributed by atoms with Crippen LogP contribution in [0, 0.1) is 11.6 Å². The number of aryl methyl sites for hydroxylation is 2. The normalized spacial score (nSPS) is 14.5. The molecule has 0 spiro atoms. The maximum atomic E-state index is 16.1. The predicted molar refractivity (Wildman–Crippen MR) is 235 cm³/mol. The zero-order chi connectivity index (χ0) is 51.0. The maximum Gasteiger partial charge on any atom is 0.433 e. The van der Waals surface area contributed by atoms with Crippen LogP contribution in [-0.4, -0.2) is 45.1 Å². The number of rotatable bonds is 14. The summed E-state index contributed by atoms with van der Waals surface area (Å²) in [6.07, 6.45) is -9.35. The van der Waals surface area contributed by atoms with Crippen molar-refractivity contribution in [2.24, 2.45) is 14.1 Å². The Morgan fingerprint density at radius 2 is 1.03 bits per heavy atom. The van der Waals surface area contributed by atoms with Crippen molar-refractivity contribution >= 4 is 35.1 Å². The van der Waals surface area contributed by atoms with Crippen molar-refractivity contribution in [3.63, 3.8) is 0 Å². The van der Waals surface area contributed by atoms with E-state index in [4.69, 9.17) is 42.1 Å². The van der Waals surface area contributed by atoms with E-state index in [0.29, 0.717) is 12.1 Å². The molecule has 6 rings (SSSR count). The first-order valence-corrected chi connectivity index (χ1v) is 21.1. The van der Waals surface area contributed by atoms with Crippen molar-refractivity contribution in [3.05, 3.63) is 185 Å². The van der Waals surface area contributed by atoms with Gasteiger partial charge in [-0.25, -0.2) is 18.4 Å². The minimum atomic E-state index is -5.58. The Balaban J connectivity index is 1.39. The zero-order valence-corrected chi connectivity index (χ0v) is 38.2. The highest BCUT2D eigenvalue weighted by atomic mass is 35.5. The molecular weight excluding hydrogens is 971 g/mol. The van der Waals surface area contributed by atoms with Gasteiger partial charge in [0.05, 0.1) is 17.7 Å².